The van der Waals surface area contributed by atoms with Crippen LogP contribution in [-0.4, -0.2) is 30.9 Å². The van der Waals surface area contributed by atoms with Crippen molar-refractivity contribution in [2.45, 2.75) is 32.3 Å². The number of benzene rings is 1. The fraction of sp³-hybridized carbons (Fsp3) is 0.538. The Morgan fingerprint density at radius 1 is 1.30 bits per heavy atom. The third-order valence-electron chi connectivity index (χ3n) is 2.85. The molecule has 0 heterocycles. The zero-order chi connectivity index (χ0) is 15.5. The highest BCUT2D eigenvalue weighted by atomic mass is 32.2. The Bertz CT molecular complexity index is 573. The standard InChI is InChI=1S/C13H19F2NO3S/c1-4-16(7-9(2)3)20(18,19)12-6-5-11(14)10(8-17)13(12)15/h5-6,9,17H,4,7-8H2,1-3H3. The van der Waals surface area contributed by atoms with E-state index in [-0.39, 0.29) is 19.0 Å². The molecule has 0 aliphatic carbocycles. The van der Waals surface area contributed by atoms with Gasteiger partial charge in [-0.25, -0.2) is 17.2 Å². The van der Waals surface area contributed by atoms with Crippen molar-refractivity contribution < 1.29 is 22.3 Å². The molecule has 0 aliphatic rings. The van der Waals surface area contributed by atoms with Gasteiger partial charge in [-0.05, 0) is 18.1 Å². The monoisotopic (exact) mass is 307 g/mol. The smallest absolute Gasteiger partial charge is 0.245 e. The Kier molecular flexibility index (Phi) is 5.61. The Morgan fingerprint density at radius 2 is 1.90 bits per heavy atom. The molecule has 0 saturated heterocycles. The van der Waals surface area contributed by atoms with Gasteiger partial charge in [0.05, 0.1) is 12.2 Å². The quantitative estimate of drug-likeness (QED) is 0.876. The molecule has 0 fully saturated rings. The van der Waals surface area contributed by atoms with E-state index in [4.69, 9.17) is 5.11 Å². The molecule has 0 aliphatic heterocycles. The third kappa shape index (κ3) is 3.34. The maximum Gasteiger partial charge on any atom is 0.245 e. The summed E-state index contributed by atoms with van der Waals surface area (Å²) >= 11 is 0. The Hall–Kier alpha value is -1.05. The molecule has 1 N–H and O–H groups in total. The lowest BCUT2D eigenvalue weighted by molar-refractivity contribution is 0.267. The van der Waals surface area contributed by atoms with Crippen LogP contribution in [0.3, 0.4) is 0 Å². The lowest BCUT2D eigenvalue weighted by Crippen LogP contribution is -2.34. The van der Waals surface area contributed by atoms with Crippen LogP contribution >= 0.6 is 0 Å². The van der Waals surface area contributed by atoms with Crippen molar-refractivity contribution in [3.8, 4) is 0 Å². The average Bonchev–Trinajstić information content (AvgIpc) is 2.35. The van der Waals surface area contributed by atoms with Gasteiger partial charge in [0.15, 0.2) is 5.82 Å². The second-order valence-corrected chi connectivity index (χ2v) is 6.75. The van der Waals surface area contributed by atoms with Gasteiger partial charge in [0.1, 0.15) is 10.7 Å². The number of hydrogen-bond donors (Lipinski definition) is 1. The van der Waals surface area contributed by atoms with Crippen molar-refractivity contribution in [3.63, 3.8) is 0 Å². The second-order valence-electron chi connectivity index (χ2n) is 4.85. The summed E-state index contributed by atoms with van der Waals surface area (Å²) in [6.07, 6.45) is 0. The summed E-state index contributed by atoms with van der Waals surface area (Å²) in [5.74, 6) is -2.11. The minimum absolute atomic E-state index is 0.0746. The second kappa shape index (κ2) is 6.60. The summed E-state index contributed by atoms with van der Waals surface area (Å²) < 4.78 is 53.3. The topological polar surface area (TPSA) is 57.6 Å². The SMILES string of the molecule is CCN(CC(C)C)S(=O)(=O)c1ccc(F)c(CO)c1F. The first-order valence-electron chi connectivity index (χ1n) is 6.33. The number of hydrogen-bond acceptors (Lipinski definition) is 3. The van der Waals surface area contributed by atoms with Crippen LogP contribution in [0.2, 0.25) is 0 Å². The fourth-order valence-electron chi connectivity index (χ4n) is 1.86. The van der Waals surface area contributed by atoms with Gasteiger partial charge in [0, 0.05) is 13.1 Å². The number of rotatable bonds is 6. The van der Waals surface area contributed by atoms with Crippen LogP contribution in [0.25, 0.3) is 0 Å². The molecule has 0 atom stereocenters. The lowest BCUT2D eigenvalue weighted by atomic mass is 10.2. The first-order valence-corrected chi connectivity index (χ1v) is 7.77. The van der Waals surface area contributed by atoms with Crippen LogP contribution < -0.4 is 0 Å². The van der Waals surface area contributed by atoms with Crippen molar-refractivity contribution in [1.29, 1.82) is 0 Å². The summed E-state index contributed by atoms with van der Waals surface area (Å²) in [6, 6.07) is 1.74. The molecule has 1 aromatic carbocycles. The Balaban J connectivity index is 3.35. The molecule has 0 amide bonds. The third-order valence-corrected chi connectivity index (χ3v) is 4.81. The minimum atomic E-state index is -4.05. The van der Waals surface area contributed by atoms with Gasteiger partial charge >= 0.3 is 0 Å². The number of aliphatic hydroxyl groups excluding tert-OH is 1. The Labute approximate surface area is 118 Å². The minimum Gasteiger partial charge on any atom is -0.391 e. The van der Waals surface area contributed by atoms with E-state index in [9.17, 15) is 17.2 Å². The number of aliphatic hydroxyl groups is 1. The summed E-state index contributed by atoms with van der Waals surface area (Å²) in [5.41, 5.74) is -0.633. The normalized spacial score (nSPS) is 12.4. The maximum absolute atomic E-state index is 14.1. The predicted molar refractivity (Wildman–Crippen MR) is 71.6 cm³/mol. The van der Waals surface area contributed by atoms with E-state index in [1.165, 1.54) is 0 Å². The van der Waals surface area contributed by atoms with E-state index in [1.54, 1.807) is 6.92 Å². The van der Waals surface area contributed by atoms with Gasteiger partial charge in [0.25, 0.3) is 0 Å². The molecule has 0 saturated carbocycles. The van der Waals surface area contributed by atoms with Crippen molar-refractivity contribution in [1.82, 2.24) is 4.31 Å². The van der Waals surface area contributed by atoms with Crippen LogP contribution in [0.1, 0.15) is 26.3 Å². The summed E-state index contributed by atoms with van der Waals surface area (Å²) in [7, 11) is -4.05. The van der Waals surface area contributed by atoms with E-state index >= 15 is 0 Å². The Morgan fingerprint density at radius 3 is 2.35 bits per heavy atom. The number of nitrogens with zero attached hydrogens (tertiary/aromatic N) is 1. The molecule has 1 rings (SSSR count). The number of sulfonamides is 1. The molecule has 4 nitrogen and oxygen atoms in total. The summed E-state index contributed by atoms with van der Waals surface area (Å²) in [6.45, 7) is 4.87. The van der Waals surface area contributed by atoms with E-state index in [1.807, 2.05) is 13.8 Å². The van der Waals surface area contributed by atoms with Gasteiger partial charge in [-0.15, -0.1) is 0 Å². The molecule has 0 aromatic heterocycles. The molecular weight excluding hydrogens is 288 g/mol. The molecule has 0 radical (unpaired) electrons. The van der Waals surface area contributed by atoms with Gasteiger partial charge in [-0.3, -0.25) is 0 Å². The highest BCUT2D eigenvalue weighted by molar-refractivity contribution is 7.89. The molecule has 0 bridgehead atoms. The van der Waals surface area contributed by atoms with E-state index < -0.39 is 38.7 Å². The fourth-order valence-corrected chi connectivity index (χ4v) is 3.57. The first-order chi connectivity index (χ1) is 9.25. The molecular formula is C13H19F2NO3S. The number of halogens is 2. The van der Waals surface area contributed by atoms with Crippen molar-refractivity contribution >= 4 is 10.0 Å². The van der Waals surface area contributed by atoms with Gasteiger partial charge < -0.3 is 5.11 Å². The van der Waals surface area contributed by atoms with E-state index in [0.29, 0.717) is 0 Å². The van der Waals surface area contributed by atoms with Gasteiger partial charge in [-0.2, -0.15) is 4.31 Å². The van der Waals surface area contributed by atoms with Crippen LogP contribution in [0, 0.1) is 17.6 Å². The van der Waals surface area contributed by atoms with Crippen LogP contribution in [-0.2, 0) is 16.6 Å². The highest BCUT2D eigenvalue weighted by Crippen LogP contribution is 2.24. The average molecular weight is 307 g/mol. The summed E-state index contributed by atoms with van der Waals surface area (Å²) in [5, 5.41) is 8.94. The summed E-state index contributed by atoms with van der Waals surface area (Å²) in [4.78, 5) is -0.606. The largest absolute Gasteiger partial charge is 0.391 e. The van der Waals surface area contributed by atoms with Crippen molar-refractivity contribution in [3.05, 3.63) is 29.3 Å². The van der Waals surface area contributed by atoms with Crippen LogP contribution in [0.5, 0.6) is 0 Å². The van der Waals surface area contributed by atoms with Crippen LogP contribution in [0.4, 0.5) is 8.78 Å². The lowest BCUT2D eigenvalue weighted by Gasteiger charge is -2.23. The first kappa shape index (κ1) is 17.0. The molecule has 20 heavy (non-hydrogen) atoms. The van der Waals surface area contributed by atoms with Crippen molar-refractivity contribution in [2.75, 3.05) is 13.1 Å². The van der Waals surface area contributed by atoms with Crippen molar-refractivity contribution in [2.24, 2.45) is 5.92 Å². The van der Waals surface area contributed by atoms with Gasteiger partial charge in [0.2, 0.25) is 10.0 Å². The van der Waals surface area contributed by atoms with E-state index in [2.05, 4.69) is 0 Å². The molecule has 1 aromatic rings. The zero-order valence-electron chi connectivity index (χ0n) is 11.7. The molecule has 0 spiro atoms. The molecule has 0 unspecified atom stereocenters. The van der Waals surface area contributed by atoms with Gasteiger partial charge in [-0.1, -0.05) is 20.8 Å². The molecule has 114 valence electrons. The maximum atomic E-state index is 14.1. The molecule has 7 heteroatoms. The zero-order valence-corrected chi connectivity index (χ0v) is 12.5. The van der Waals surface area contributed by atoms with E-state index in [0.717, 1.165) is 16.4 Å². The highest BCUT2D eigenvalue weighted by Gasteiger charge is 2.29. The predicted octanol–water partition coefficient (Wildman–Crippen LogP) is 2.12. The van der Waals surface area contributed by atoms with Crippen LogP contribution in [0.15, 0.2) is 17.0 Å².